The maximum absolute atomic E-state index is 5.78. The highest BCUT2D eigenvalue weighted by Gasteiger charge is 2.04. The van der Waals surface area contributed by atoms with Crippen LogP contribution in [0.3, 0.4) is 0 Å². The van der Waals surface area contributed by atoms with Crippen LogP contribution in [0.25, 0.3) is 10.2 Å². The zero-order chi connectivity index (χ0) is 13.2. The van der Waals surface area contributed by atoms with E-state index >= 15 is 0 Å². The van der Waals surface area contributed by atoms with Crippen molar-refractivity contribution in [1.82, 2.24) is 4.98 Å². The monoisotopic (exact) mass is 269 g/mol. The zero-order valence-electron chi connectivity index (χ0n) is 10.7. The molecule has 0 fully saturated rings. The predicted octanol–water partition coefficient (Wildman–Crippen LogP) is 4.18. The number of fused-ring (bicyclic) bond motifs is 1. The highest BCUT2D eigenvalue weighted by atomic mass is 32.1. The van der Waals surface area contributed by atoms with Gasteiger partial charge in [-0.15, -0.1) is 0 Å². The van der Waals surface area contributed by atoms with Gasteiger partial charge in [-0.3, -0.25) is 0 Å². The number of nitrogen functional groups attached to an aromatic ring is 1. The van der Waals surface area contributed by atoms with E-state index in [4.69, 9.17) is 5.73 Å². The molecule has 0 atom stereocenters. The van der Waals surface area contributed by atoms with Crippen LogP contribution < -0.4 is 11.1 Å². The maximum atomic E-state index is 5.78. The van der Waals surface area contributed by atoms with Gasteiger partial charge in [0, 0.05) is 11.4 Å². The van der Waals surface area contributed by atoms with Crippen molar-refractivity contribution in [2.45, 2.75) is 13.3 Å². The minimum Gasteiger partial charge on any atom is -0.399 e. The molecule has 0 amide bonds. The van der Waals surface area contributed by atoms with Crippen LogP contribution in [0.5, 0.6) is 0 Å². The van der Waals surface area contributed by atoms with E-state index in [0.29, 0.717) is 0 Å². The summed E-state index contributed by atoms with van der Waals surface area (Å²) in [7, 11) is 0. The summed E-state index contributed by atoms with van der Waals surface area (Å²) in [6, 6.07) is 14.2. The summed E-state index contributed by atoms with van der Waals surface area (Å²) in [4.78, 5) is 4.56. The number of hydrogen-bond donors (Lipinski definition) is 2. The minimum absolute atomic E-state index is 0.774. The van der Waals surface area contributed by atoms with Gasteiger partial charge in [0.15, 0.2) is 5.13 Å². The lowest BCUT2D eigenvalue weighted by molar-refractivity contribution is 1.14. The van der Waals surface area contributed by atoms with E-state index < -0.39 is 0 Å². The molecular formula is C15H15N3S. The molecule has 19 heavy (non-hydrogen) atoms. The molecule has 0 aliphatic rings. The first-order chi connectivity index (χ1) is 9.24. The van der Waals surface area contributed by atoms with Crippen LogP contribution in [-0.4, -0.2) is 4.98 Å². The normalized spacial score (nSPS) is 10.8. The number of nitrogens with one attached hydrogen (secondary N) is 1. The van der Waals surface area contributed by atoms with Crippen molar-refractivity contribution in [3.8, 4) is 0 Å². The predicted molar refractivity (Wildman–Crippen MR) is 83.1 cm³/mol. The zero-order valence-corrected chi connectivity index (χ0v) is 11.5. The van der Waals surface area contributed by atoms with Crippen molar-refractivity contribution in [2.24, 2.45) is 0 Å². The number of aryl methyl sites for hydroxylation is 1. The molecule has 3 aromatic rings. The second-order valence-electron chi connectivity index (χ2n) is 4.43. The van der Waals surface area contributed by atoms with Gasteiger partial charge in [0.05, 0.1) is 10.2 Å². The lowest BCUT2D eigenvalue weighted by Crippen LogP contribution is -1.90. The Hall–Kier alpha value is -2.07. The second kappa shape index (κ2) is 4.90. The SMILES string of the molecule is CCc1cccc(Nc2nc3ccc(N)cc3s2)c1. The van der Waals surface area contributed by atoms with Crippen molar-refractivity contribution < 1.29 is 0 Å². The number of nitrogens with two attached hydrogens (primary N) is 1. The number of nitrogens with zero attached hydrogens (tertiary/aromatic N) is 1. The Morgan fingerprint density at radius 1 is 1.21 bits per heavy atom. The molecular weight excluding hydrogens is 254 g/mol. The number of rotatable bonds is 3. The van der Waals surface area contributed by atoms with Crippen LogP contribution in [0.1, 0.15) is 12.5 Å². The summed E-state index contributed by atoms with van der Waals surface area (Å²) in [6.45, 7) is 2.15. The van der Waals surface area contributed by atoms with Gasteiger partial charge in [-0.05, 0) is 42.3 Å². The average molecular weight is 269 g/mol. The highest BCUT2D eigenvalue weighted by Crippen LogP contribution is 2.29. The Morgan fingerprint density at radius 3 is 2.95 bits per heavy atom. The van der Waals surface area contributed by atoms with Gasteiger partial charge in [0.25, 0.3) is 0 Å². The topological polar surface area (TPSA) is 50.9 Å². The van der Waals surface area contributed by atoms with Gasteiger partial charge in [-0.1, -0.05) is 30.4 Å². The number of thiazole rings is 1. The fourth-order valence-corrected chi connectivity index (χ4v) is 2.92. The van der Waals surface area contributed by atoms with Crippen molar-refractivity contribution in [2.75, 3.05) is 11.1 Å². The van der Waals surface area contributed by atoms with Crippen molar-refractivity contribution >= 4 is 38.1 Å². The van der Waals surface area contributed by atoms with Crippen molar-refractivity contribution in [1.29, 1.82) is 0 Å². The Kier molecular flexibility index (Phi) is 3.09. The van der Waals surface area contributed by atoms with Gasteiger partial charge >= 0.3 is 0 Å². The molecule has 2 aromatic carbocycles. The average Bonchev–Trinajstić information content (AvgIpc) is 2.80. The van der Waals surface area contributed by atoms with Crippen LogP contribution in [0.4, 0.5) is 16.5 Å². The smallest absolute Gasteiger partial charge is 0.188 e. The largest absolute Gasteiger partial charge is 0.399 e. The first-order valence-corrected chi connectivity index (χ1v) is 7.08. The van der Waals surface area contributed by atoms with Gasteiger partial charge in [-0.2, -0.15) is 0 Å². The lowest BCUT2D eigenvalue weighted by atomic mass is 10.1. The first-order valence-electron chi connectivity index (χ1n) is 6.26. The standard InChI is InChI=1S/C15H15N3S/c1-2-10-4-3-5-12(8-10)17-15-18-13-7-6-11(16)9-14(13)19-15/h3-9H,2,16H2,1H3,(H,17,18). The summed E-state index contributed by atoms with van der Waals surface area (Å²) in [5, 5.41) is 4.25. The molecule has 0 aliphatic heterocycles. The molecule has 3 rings (SSSR count). The van der Waals surface area contributed by atoms with E-state index in [1.807, 2.05) is 18.2 Å². The minimum atomic E-state index is 0.774. The Morgan fingerprint density at radius 2 is 2.11 bits per heavy atom. The third-order valence-electron chi connectivity index (χ3n) is 3.00. The van der Waals surface area contributed by atoms with Gasteiger partial charge in [-0.25, -0.2) is 4.98 Å². The molecule has 3 N–H and O–H groups in total. The molecule has 96 valence electrons. The third-order valence-corrected chi connectivity index (χ3v) is 3.93. The summed E-state index contributed by atoms with van der Waals surface area (Å²) >= 11 is 1.62. The fourth-order valence-electron chi connectivity index (χ4n) is 1.99. The van der Waals surface area contributed by atoms with Gasteiger partial charge < -0.3 is 11.1 Å². The van der Waals surface area contributed by atoms with Gasteiger partial charge in [0.1, 0.15) is 0 Å². The molecule has 0 saturated heterocycles. The van der Waals surface area contributed by atoms with Crippen LogP contribution in [-0.2, 0) is 6.42 Å². The summed E-state index contributed by atoms with van der Waals surface area (Å²) in [5.74, 6) is 0. The van der Waals surface area contributed by atoms with Crippen molar-refractivity contribution in [3.63, 3.8) is 0 Å². The molecule has 0 bridgehead atoms. The Bertz CT molecular complexity index is 718. The molecule has 1 heterocycles. The number of anilines is 3. The van der Waals surface area contributed by atoms with E-state index in [2.05, 4.69) is 41.5 Å². The summed E-state index contributed by atoms with van der Waals surface area (Å²) < 4.78 is 1.11. The molecule has 0 aliphatic carbocycles. The molecule has 0 radical (unpaired) electrons. The summed E-state index contributed by atoms with van der Waals surface area (Å²) in [6.07, 6.45) is 1.03. The number of benzene rings is 2. The van der Waals surface area contributed by atoms with E-state index in [0.717, 1.165) is 33.1 Å². The second-order valence-corrected chi connectivity index (χ2v) is 5.46. The van der Waals surface area contributed by atoms with Gasteiger partial charge in [0.2, 0.25) is 0 Å². The molecule has 0 unspecified atom stereocenters. The quantitative estimate of drug-likeness (QED) is 0.701. The summed E-state index contributed by atoms with van der Waals surface area (Å²) in [5.41, 5.74) is 9.93. The van der Waals surface area contributed by atoms with Crippen LogP contribution in [0.15, 0.2) is 42.5 Å². The molecule has 4 heteroatoms. The maximum Gasteiger partial charge on any atom is 0.188 e. The van der Waals surface area contributed by atoms with Crippen LogP contribution in [0.2, 0.25) is 0 Å². The van der Waals surface area contributed by atoms with Crippen molar-refractivity contribution in [3.05, 3.63) is 48.0 Å². The van der Waals surface area contributed by atoms with Crippen LogP contribution >= 0.6 is 11.3 Å². The lowest BCUT2D eigenvalue weighted by Gasteiger charge is -2.03. The Balaban J connectivity index is 1.92. The molecule has 0 spiro atoms. The molecule has 3 nitrogen and oxygen atoms in total. The van der Waals surface area contributed by atoms with E-state index in [1.165, 1.54) is 5.56 Å². The van der Waals surface area contributed by atoms with E-state index in [-0.39, 0.29) is 0 Å². The fraction of sp³-hybridized carbons (Fsp3) is 0.133. The van der Waals surface area contributed by atoms with E-state index in [1.54, 1.807) is 11.3 Å². The first kappa shape index (κ1) is 12.0. The highest BCUT2D eigenvalue weighted by molar-refractivity contribution is 7.22. The number of aromatic nitrogens is 1. The van der Waals surface area contributed by atoms with E-state index in [9.17, 15) is 0 Å². The Labute approximate surface area is 116 Å². The number of hydrogen-bond acceptors (Lipinski definition) is 4. The molecule has 1 aromatic heterocycles. The third kappa shape index (κ3) is 2.53. The molecule has 0 saturated carbocycles. The van der Waals surface area contributed by atoms with Crippen LogP contribution in [0, 0.1) is 0 Å².